The molecule has 0 aliphatic heterocycles. The fraction of sp³-hybridized carbons (Fsp3) is 0.250. The summed E-state index contributed by atoms with van der Waals surface area (Å²) in [7, 11) is 2.05. The summed E-state index contributed by atoms with van der Waals surface area (Å²) in [5.74, 6) is 0. The normalized spacial score (nSPS) is 10.4. The van der Waals surface area contributed by atoms with Gasteiger partial charge in [-0.25, -0.2) is 0 Å². The summed E-state index contributed by atoms with van der Waals surface area (Å²) in [5.41, 5.74) is 2.72. The predicted molar refractivity (Wildman–Crippen MR) is 55.9 cm³/mol. The van der Waals surface area contributed by atoms with Crippen LogP contribution < -0.4 is 4.68 Å². The van der Waals surface area contributed by atoms with Crippen molar-refractivity contribution in [3.05, 3.63) is 53.9 Å². The lowest BCUT2D eigenvalue weighted by molar-refractivity contribution is -0.752. The van der Waals surface area contributed by atoms with E-state index in [2.05, 4.69) is 66.1 Å². The molecule has 0 saturated carbocycles. The first-order chi connectivity index (χ1) is 6.77. The average molecular weight is 187 g/mol. The van der Waals surface area contributed by atoms with Gasteiger partial charge in [0, 0.05) is 6.07 Å². The lowest BCUT2D eigenvalue weighted by Crippen LogP contribution is -2.38. The van der Waals surface area contributed by atoms with Crippen molar-refractivity contribution in [1.29, 1.82) is 0 Å². The van der Waals surface area contributed by atoms with E-state index in [9.17, 15) is 0 Å². The van der Waals surface area contributed by atoms with Crippen LogP contribution in [0, 0.1) is 6.92 Å². The number of aryl methyl sites for hydroxylation is 2. The van der Waals surface area contributed by atoms with Crippen LogP contribution in [0.25, 0.3) is 0 Å². The van der Waals surface area contributed by atoms with Crippen LogP contribution in [0.2, 0.25) is 0 Å². The number of hydrogen-bond donors (Lipinski definition) is 0. The van der Waals surface area contributed by atoms with Gasteiger partial charge in [0.2, 0.25) is 0 Å². The molecule has 14 heavy (non-hydrogen) atoms. The highest BCUT2D eigenvalue weighted by atomic mass is 15.4. The molecule has 72 valence electrons. The van der Waals surface area contributed by atoms with Crippen LogP contribution in [0.5, 0.6) is 0 Å². The topological polar surface area (TPSA) is 8.81 Å². The lowest BCUT2D eigenvalue weighted by Gasteiger charge is -2.04. The van der Waals surface area contributed by atoms with E-state index in [1.807, 2.05) is 0 Å². The minimum atomic E-state index is 0.941. The van der Waals surface area contributed by atoms with Crippen LogP contribution in [0.4, 0.5) is 0 Å². The highest BCUT2D eigenvalue weighted by molar-refractivity contribution is 5.25. The summed E-state index contributed by atoms with van der Waals surface area (Å²) in [4.78, 5) is 0. The van der Waals surface area contributed by atoms with E-state index in [4.69, 9.17) is 0 Å². The second-order valence-corrected chi connectivity index (χ2v) is 3.59. The summed E-state index contributed by atoms with van der Waals surface area (Å²) in [6.45, 7) is 3.09. The third-order valence-corrected chi connectivity index (χ3v) is 2.56. The minimum absolute atomic E-state index is 0.941. The van der Waals surface area contributed by atoms with E-state index >= 15 is 0 Å². The number of rotatable bonds is 2. The van der Waals surface area contributed by atoms with E-state index in [0.29, 0.717) is 0 Å². The molecule has 0 saturated heterocycles. The Hall–Kier alpha value is -1.57. The molecule has 2 heteroatoms. The lowest BCUT2D eigenvalue weighted by atomic mass is 10.1. The second kappa shape index (κ2) is 3.66. The molecule has 0 aliphatic carbocycles. The van der Waals surface area contributed by atoms with Crippen molar-refractivity contribution in [3.63, 3.8) is 0 Å². The Morgan fingerprint density at radius 1 is 1.21 bits per heavy atom. The van der Waals surface area contributed by atoms with Crippen molar-refractivity contribution < 1.29 is 4.68 Å². The van der Waals surface area contributed by atoms with E-state index in [0.717, 1.165) is 6.54 Å². The summed E-state index contributed by atoms with van der Waals surface area (Å²) in [5, 5.41) is 0. The highest BCUT2D eigenvalue weighted by Crippen LogP contribution is 2.07. The fourth-order valence-corrected chi connectivity index (χ4v) is 1.58. The SMILES string of the molecule is Cc1ccccc1Cn1ccc[n+]1C. The minimum Gasteiger partial charge on any atom is -0.157 e. The molecule has 1 aromatic heterocycles. The maximum atomic E-state index is 2.18. The Bertz CT molecular complexity index is 429. The number of aromatic nitrogens is 2. The third-order valence-electron chi connectivity index (χ3n) is 2.56. The fourth-order valence-electron chi connectivity index (χ4n) is 1.58. The molecular formula is C12H15N2+. The van der Waals surface area contributed by atoms with E-state index in [1.165, 1.54) is 11.1 Å². The van der Waals surface area contributed by atoms with Crippen molar-refractivity contribution in [2.24, 2.45) is 7.05 Å². The first kappa shape index (κ1) is 9.00. The molecule has 0 atom stereocenters. The first-order valence-corrected chi connectivity index (χ1v) is 4.83. The number of hydrogen-bond acceptors (Lipinski definition) is 0. The molecule has 0 N–H and O–H groups in total. The van der Waals surface area contributed by atoms with Crippen molar-refractivity contribution in [3.8, 4) is 0 Å². The van der Waals surface area contributed by atoms with Gasteiger partial charge in [-0.05, 0) is 18.1 Å². The van der Waals surface area contributed by atoms with Crippen LogP contribution in [0.15, 0.2) is 42.7 Å². The molecule has 1 heterocycles. The second-order valence-electron chi connectivity index (χ2n) is 3.59. The van der Waals surface area contributed by atoms with Crippen LogP contribution >= 0.6 is 0 Å². The van der Waals surface area contributed by atoms with Crippen LogP contribution in [-0.2, 0) is 13.6 Å². The molecule has 1 aromatic carbocycles. The zero-order valence-corrected chi connectivity index (χ0v) is 8.64. The Morgan fingerprint density at radius 3 is 2.64 bits per heavy atom. The maximum Gasteiger partial charge on any atom is 0.195 e. The first-order valence-electron chi connectivity index (χ1n) is 4.83. The van der Waals surface area contributed by atoms with Gasteiger partial charge < -0.3 is 0 Å². The summed E-state index contributed by atoms with van der Waals surface area (Å²) < 4.78 is 4.27. The van der Waals surface area contributed by atoms with Crippen molar-refractivity contribution >= 4 is 0 Å². The van der Waals surface area contributed by atoms with Crippen LogP contribution in [0.1, 0.15) is 11.1 Å². The zero-order valence-electron chi connectivity index (χ0n) is 8.64. The predicted octanol–water partition coefficient (Wildman–Crippen LogP) is 1.67. The molecular weight excluding hydrogens is 172 g/mol. The molecule has 0 fully saturated rings. The molecule has 2 nitrogen and oxygen atoms in total. The Balaban J connectivity index is 2.28. The number of benzene rings is 1. The van der Waals surface area contributed by atoms with Gasteiger partial charge in [0.1, 0.15) is 6.54 Å². The van der Waals surface area contributed by atoms with Crippen molar-refractivity contribution in [2.45, 2.75) is 13.5 Å². The standard InChI is InChI=1S/C12H15N2/c1-11-6-3-4-7-12(11)10-14-9-5-8-13(14)2/h3-9H,10H2,1-2H3/q+1. The molecule has 0 unspecified atom stereocenters. The monoisotopic (exact) mass is 187 g/mol. The van der Waals surface area contributed by atoms with E-state index in [-0.39, 0.29) is 0 Å². The smallest absolute Gasteiger partial charge is 0.157 e. The van der Waals surface area contributed by atoms with E-state index < -0.39 is 0 Å². The molecule has 0 amide bonds. The number of nitrogens with zero attached hydrogens (tertiary/aromatic N) is 2. The molecule has 0 spiro atoms. The van der Waals surface area contributed by atoms with Gasteiger partial charge >= 0.3 is 0 Å². The Morgan fingerprint density at radius 2 is 2.00 bits per heavy atom. The summed E-state index contributed by atoms with van der Waals surface area (Å²) >= 11 is 0. The van der Waals surface area contributed by atoms with Gasteiger partial charge in [-0.3, -0.25) is 0 Å². The van der Waals surface area contributed by atoms with Crippen molar-refractivity contribution in [2.75, 3.05) is 0 Å². The summed E-state index contributed by atoms with van der Waals surface area (Å²) in [6.07, 6.45) is 4.14. The van der Waals surface area contributed by atoms with Crippen LogP contribution in [0.3, 0.4) is 0 Å². The largest absolute Gasteiger partial charge is 0.195 e. The average Bonchev–Trinajstić information content (AvgIpc) is 2.56. The van der Waals surface area contributed by atoms with Gasteiger partial charge in [-0.15, -0.1) is 4.68 Å². The Labute approximate surface area is 84.4 Å². The van der Waals surface area contributed by atoms with Crippen LogP contribution in [-0.4, -0.2) is 4.68 Å². The molecule has 2 aromatic rings. The van der Waals surface area contributed by atoms with Gasteiger partial charge in [-0.1, -0.05) is 24.3 Å². The molecule has 0 radical (unpaired) electrons. The third kappa shape index (κ3) is 1.69. The van der Waals surface area contributed by atoms with Gasteiger partial charge in [0.25, 0.3) is 0 Å². The van der Waals surface area contributed by atoms with E-state index in [1.54, 1.807) is 0 Å². The highest BCUT2D eigenvalue weighted by Gasteiger charge is 2.04. The summed E-state index contributed by atoms with van der Waals surface area (Å²) in [6, 6.07) is 10.5. The maximum absolute atomic E-state index is 2.18. The van der Waals surface area contributed by atoms with Crippen molar-refractivity contribution in [1.82, 2.24) is 4.68 Å². The quantitative estimate of drug-likeness (QED) is 0.632. The van der Waals surface area contributed by atoms with Gasteiger partial charge in [-0.2, -0.15) is 4.68 Å². The molecule has 0 bridgehead atoms. The Kier molecular flexibility index (Phi) is 2.35. The van der Waals surface area contributed by atoms with Gasteiger partial charge in [0.15, 0.2) is 13.2 Å². The molecule has 0 aliphatic rings. The van der Waals surface area contributed by atoms with Gasteiger partial charge in [0.05, 0.1) is 6.20 Å². The zero-order chi connectivity index (χ0) is 9.97. The molecule has 2 rings (SSSR count).